The van der Waals surface area contributed by atoms with E-state index < -0.39 is 5.97 Å². The maximum Gasteiger partial charge on any atom is 0.317 e. The SMILES string of the molecule is Cc1cc(F)ccc1CN(CC(=O)O)CC1CC1. The molecule has 1 saturated carbocycles. The first kappa shape index (κ1) is 13.0. The maximum atomic E-state index is 13.0. The van der Waals surface area contributed by atoms with Gasteiger partial charge in [0, 0.05) is 13.1 Å². The molecule has 1 aliphatic rings. The second kappa shape index (κ2) is 5.48. The quantitative estimate of drug-likeness (QED) is 0.844. The minimum atomic E-state index is -0.810. The summed E-state index contributed by atoms with van der Waals surface area (Å²) >= 11 is 0. The number of halogens is 1. The summed E-state index contributed by atoms with van der Waals surface area (Å²) in [5.74, 6) is -0.413. The monoisotopic (exact) mass is 251 g/mol. The van der Waals surface area contributed by atoms with Gasteiger partial charge in [-0.25, -0.2) is 4.39 Å². The molecule has 1 fully saturated rings. The van der Waals surface area contributed by atoms with Gasteiger partial charge in [0.15, 0.2) is 0 Å². The molecule has 0 unspecified atom stereocenters. The maximum absolute atomic E-state index is 13.0. The van der Waals surface area contributed by atoms with E-state index in [1.807, 2.05) is 11.8 Å². The Morgan fingerprint density at radius 3 is 2.78 bits per heavy atom. The number of hydrogen-bond acceptors (Lipinski definition) is 2. The van der Waals surface area contributed by atoms with Crippen LogP contribution in [0, 0.1) is 18.7 Å². The second-order valence-electron chi connectivity index (χ2n) is 5.08. The Morgan fingerprint density at radius 2 is 2.22 bits per heavy atom. The van der Waals surface area contributed by atoms with Gasteiger partial charge in [0.2, 0.25) is 0 Å². The lowest BCUT2D eigenvalue weighted by Gasteiger charge is -2.21. The standard InChI is InChI=1S/C14H18FNO2/c1-10-6-13(15)5-4-12(10)8-16(9-14(17)18)7-11-2-3-11/h4-6,11H,2-3,7-9H2,1H3,(H,17,18). The Labute approximate surface area is 106 Å². The number of benzene rings is 1. The number of rotatable bonds is 6. The number of nitrogens with zero attached hydrogens (tertiary/aromatic N) is 1. The van der Waals surface area contributed by atoms with Crippen molar-refractivity contribution in [2.75, 3.05) is 13.1 Å². The molecule has 3 nitrogen and oxygen atoms in total. The summed E-state index contributed by atoms with van der Waals surface area (Å²) in [5, 5.41) is 8.91. The fourth-order valence-electron chi connectivity index (χ4n) is 2.12. The number of aryl methyl sites for hydroxylation is 1. The van der Waals surface area contributed by atoms with E-state index in [1.165, 1.54) is 25.0 Å². The summed E-state index contributed by atoms with van der Waals surface area (Å²) in [6.45, 7) is 3.31. The molecule has 98 valence electrons. The molecule has 2 rings (SSSR count). The van der Waals surface area contributed by atoms with Crippen LogP contribution >= 0.6 is 0 Å². The molecule has 1 aliphatic carbocycles. The molecule has 0 saturated heterocycles. The molecule has 0 radical (unpaired) electrons. The molecular weight excluding hydrogens is 233 g/mol. The van der Waals surface area contributed by atoms with Crippen LogP contribution in [0.1, 0.15) is 24.0 Å². The van der Waals surface area contributed by atoms with Gasteiger partial charge in [-0.3, -0.25) is 9.69 Å². The highest BCUT2D eigenvalue weighted by molar-refractivity contribution is 5.69. The molecular formula is C14H18FNO2. The molecule has 1 aromatic carbocycles. The lowest BCUT2D eigenvalue weighted by Crippen LogP contribution is -2.31. The third kappa shape index (κ3) is 3.81. The number of carbonyl (C=O) groups is 1. The van der Waals surface area contributed by atoms with Crippen molar-refractivity contribution in [2.45, 2.75) is 26.3 Å². The van der Waals surface area contributed by atoms with Gasteiger partial charge < -0.3 is 5.11 Å². The van der Waals surface area contributed by atoms with Crippen molar-refractivity contribution in [2.24, 2.45) is 5.92 Å². The Morgan fingerprint density at radius 1 is 1.50 bits per heavy atom. The Bertz CT molecular complexity index is 443. The van der Waals surface area contributed by atoms with E-state index in [9.17, 15) is 9.18 Å². The van der Waals surface area contributed by atoms with Crippen LogP contribution in [0.3, 0.4) is 0 Å². The van der Waals surface area contributed by atoms with Crippen LogP contribution < -0.4 is 0 Å². The molecule has 1 aromatic rings. The van der Waals surface area contributed by atoms with E-state index in [2.05, 4.69) is 0 Å². The lowest BCUT2D eigenvalue weighted by atomic mass is 10.1. The van der Waals surface area contributed by atoms with Crippen molar-refractivity contribution in [3.05, 3.63) is 35.1 Å². The summed E-state index contributed by atoms with van der Waals surface area (Å²) in [4.78, 5) is 12.8. The Balaban J connectivity index is 2.03. The van der Waals surface area contributed by atoms with Crippen LogP contribution in [0.15, 0.2) is 18.2 Å². The number of aliphatic carboxylic acids is 1. The fourth-order valence-corrected chi connectivity index (χ4v) is 2.12. The van der Waals surface area contributed by atoms with Gasteiger partial charge in [0.25, 0.3) is 0 Å². The minimum Gasteiger partial charge on any atom is -0.480 e. The normalized spacial score (nSPS) is 15.1. The minimum absolute atomic E-state index is 0.0489. The van der Waals surface area contributed by atoms with Crippen molar-refractivity contribution in [3.8, 4) is 0 Å². The molecule has 1 N–H and O–H groups in total. The molecule has 0 amide bonds. The summed E-state index contributed by atoms with van der Waals surface area (Å²) in [6.07, 6.45) is 2.39. The highest BCUT2D eigenvalue weighted by atomic mass is 19.1. The Hall–Kier alpha value is -1.42. The van der Waals surface area contributed by atoms with Gasteiger partial charge in [-0.2, -0.15) is 0 Å². The van der Waals surface area contributed by atoms with Crippen molar-refractivity contribution < 1.29 is 14.3 Å². The van der Waals surface area contributed by atoms with Crippen LogP contribution in [0.25, 0.3) is 0 Å². The highest BCUT2D eigenvalue weighted by Gasteiger charge is 2.25. The fraction of sp³-hybridized carbons (Fsp3) is 0.500. The van der Waals surface area contributed by atoms with E-state index in [-0.39, 0.29) is 12.4 Å². The summed E-state index contributed by atoms with van der Waals surface area (Å²) in [6, 6.07) is 4.66. The molecule has 0 aromatic heterocycles. The van der Waals surface area contributed by atoms with Crippen molar-refractivity contribution >= 4 is 5.97 Å². The van der Waals surface area contributed by atoms with E-state index in [0.717, 1.165) is 17.7 Å². The second-order valence-corrected chi connectivity index (χ2v) is 5.08. The van der Waals surface area contributed by atoms with Crippen LogP contribution in [-0.2, 0) is 11.3 Å². The van der Waals surface area contributed by atoms with Crippen molar-refractivity contribution in [3.63, 3.8) is 0 Å². The van der Waals surface area contributed by atoms with Crippen LogP contribution in [-0.4, -0.2) is 29.1 Å². The van der Waals surface area contributed by atoms with Gasteiger partial charge in [-0.15, -0.1) is 0 Å². The molecule has 4 heteroatoms. The first-order valence-electron chi connectivity index (χ1n) is 6.24. The van der Waals surface area contributed by atoms with Gasteiger partial charge in [-0.05, 0) is 48.9 Å². The zero-order valence-corrected chi connectivity index (χ0v) is 10.5. The van der Waals surface area contributed by atoms with Gasteiger partial charge in [0.1, 0.15) is 5.82 Å². The van der Waals surface area contributed by atoms with Crippen LogP contribution in [0.5, 0.6) is 0 Å². The molecule has 0 bridgehead atoms. The van der Waals surface area contributed by atoms with E-state index >= 15 is 0 Å². The van der Waals surface area contributed by atoms with Gasteiger partial charge >= 0.3 is 5.97 Å². The number of hydrogen-bond donors (Lipinski definition) is 1. The molecule has 0 spiro atoms. The highest BCUT2D eigenvalue weighted by Crippen LogP contribution is 2.30. The zero-order valence-electron chi connectivity index (χ0n) is 10.5. The van der Waals surface area contributed by atoms with E-state index in [1.54, 1.807) is 6.07 Å². The summed E-state index contributed by atoms with van der Waals surface area (Å²) < 4.78 is 13.0. The first-order chi connectivity index (χ1) is 8.54. The predicted octanol–water partition coefficient (Wildman–Crippen LogP) is 2.43. The topological polar surface area (TPSA) is 40.5 Å². The summed E-state index contributed by atoms with van der Waals surface area (Å²) in [5.41, 5.74) is 1.87. The Kier molecular flexibility index (Phi) is 3.97. The predicted molar refractivity (Wildman–Crippen MR) is 66.8 cm³/mol. The molecule has 18 heavy (non-hydrogen) atoms. The zero-order chi connectivity index (χ0) is 13.1. The third-order valence-electron chi connectivity index (χ3n) is 3.27. The number of carboxylic acid groups (broad SMARTS) is 1. The lowest BCUT2D eigenvalue weighted by molar-refractivity contribution is -0.138. The average Bonchev–Trinajstić information content (AvgIpc) is 3.05. The van der Waals surface area contributed by atoms with E-state index in [4.69, 9.17) is 5.11 Å². The van der Waals surface area contributed by atoms with E-state index in [0.29, 0.717) is 12.5 Å². The smallest absolute Gasteiger partial charge is 0.317 e. The first-order valence-corrected chi connectivity index (χ1v) is 6.24. The summed E-state index contributed by atoms with van der Waals surface area (Å²) in [7, 11) is 0. The van der Waals surface area contributed by atoms with Gasteiger partial charge in [-0.1, -0.05) is 6.07 Å². The average molecular weight is 251 g/mol. The molecule has 0 atom stereocenters. The van der Waals surface area contributed by atoms with Crippen LogP contribution in [0.4, 0.5) is 4.39 Å². The molecule has 0 heterocycles. The van der Waals surface area contributed by atoms with Crippen molar-refractivity contribution in [1.29, 1.82) is 0 Å². The third-order valence-corrected chi connectivity index (χ3v) is 3.27. The number of carboxylic acids is 1. The molecule has 0 aliphatic heterocycles. The largest absolute Gasteiger partial charge is 0.480 e. The van der Waals surface area contributed by atoms with Crippen molar-refractivity contribution in [1.82, 2.24) is 4.90 Å². The van der Waals surface area contributed by atoms with Gasteiger partial charge in [0.05, 0.1) is 6.54 Å². The van der Waals surface area contributed by atoms with Crippen LogP contribution in [0.2, 0.25) is 0 Å².